The maximum atomic E-state index is 10.2. The Morgan fingerprint density at radius 3 is 2.50 bits per heavy atom. The summed E-state index contributed by atoms with van der Waals surface area (Å²) in [7, 11) is 1.63. The molecule has 3 rings (SSSR count). The van der Waals surface area contributed by atoms with E-state index in [0.717, 1.165) is 42.8 Å². The predicted octanol–water partition coefficient (Wildman–Crippen LogP) is 1.71. The number of hydrogen-bond donors (Lipinski definition) is 1. The van der Waals surface area contributed by atoms with Crippen LogP contribution < -0.4 is 14.4 Å². The van der Waals surface area contributed by atoms with Gasteiger partial charge in [0.1, 0.15) is 24.2 Å². The highest BCUT2D eigenvalue weighted by Crippen LogP contribution is 2.19. The van der Waals surface area contributed by atoms with E-state index in [1.165, 1.54) is 0 Å². The fourth-order valence-electron chi connectivity index (χ4n) is 2.71. The second-order valence-electron chi connectivity index (χ2n) is 5.74. The van der Waals surface area contributed by atoms with Crippen molar-refractivity contribution >= 4 is 16.5 Å². The van der Waals surface area contributed by atoms with Crippen LogP contribution in [0.15, 0.2) is 35.8 Å². The molecule has 0 spiro atoms. The van der Waals surface area contributed by atoms with E-state index >= 15 is 0 Å². The van der Waals surface area contributed by atoms with Gasteiger partial charge in [-0.1, -0.05) is 0 Å². The molecule has 6 nitrogen and oxygen atoms in total. The number of β-amino-alcohol motifs (C(OH)–C–C–N with tert-alkyl or cyclic N) is 1. The van der Waals surface area contributed by atoms with E-state index in [0.29, 0.717) is 13.2 Å². The van der Waals surface area contributed by atoms with E-state index in [9.17, 15) is 5.11 Å². The smallest absolute Gasteiger partial charge is 0.185 e. The minimum atomic E-state index is -0.501. The number of aromatic nitrogens is 1. The third kappa shape index (κ3) is 4.59. The standard InChI is InChI=1S/C17H23N3O3S/c1-22-15-2-4-16(5-3-15)23-13-14(21)12-19-7-9-20(10-8-19)17-18-6-11-24-17/h2-6,11,14,21H,7-10,12-13H2,1H3/t14-/m0/s1. The van der Waals surface area contributed by atoms with Gasteiger partial charge in [-0.15, -0.1) is 11.3 Å². The minimum Gasteiger partial charge on any atom is -0.497 e. The van der Waals surface area contributed by atoms with Crippen molar-refractivity contribution in [2.45, 2.75) is 6.10 Å². The summed E-state index contributed by atoms with van der Waals surface area (Å²) >= 11 is 1.67. The topological polar surface area (TPSA) is 58.1 Å². The van der Waals surface area contributed by atoms with E-state index in [1.54, 1.807) is 18.4 Å². The quantitative estimate of drug-likeness (QED) is 0.821. The highest BCUT2D eigenvalue weighted by atomic mass is 32.1. The zero-order chi connectivity index (χ0) is 16.8. The first-order valence-corrected chi connectivity index (χ1v) is 8.94. The second-order valence-corrected chi connectivity index (χ2v) is 6.62. The molecule has 1 N–H and O–H groups in total. The van der Waals surface area contributed by atoms with Gasteiger partial charge < -0.3 is 19.5 Å². The summed E-state index contributed by atoms with van der Waals surface area (Å²) in [5, 5.41) is 13.3. The lowest BCUT2D eigenvalue weighted by molar-refractivity contribution is 0.0663. The number of hydrogen-bond acceptors (Lipinski definition) is 7. The molecule has 130 valence electrons. The van der Waals surface area contributed by atoms with Crippen LogP contribution in [-0.4, -0.2) is 67.5 Å². The van der Waals surface area contributed by atoms with Gasteiger partial charge in [-0.05, 0) is 24.3 Å². The van der Waals surface area contributed by atoms with Crippen LogP contribution in [0.4, 0.5) is 5.13 Å². The number of thiazole rings is 1. The van der Waals surface area contributed by atoms with Gasteiger partial charge in [-0.2, -0.15) is 0 Å². The lowest BCUT2D eigenvalue weighted by Crippen LogP contribution is -2.49. The molecular weight excluding hydrogens is 326 g/mol. The van der Waals surface area contributed by atoms with Gasteiger partial charge in [-0.3, -0.25) is 4.90 Å². The van der Waals surface area contributed by atoms with Crippen molar-refractivity contribution in [3.8, 4) is 11.5 Å². The SMILES string of the molecule is COc1ccc(OC[C@@H](O)CN2CCN(c3nccs3)CC2)cc1. The van der Waals surface area contributed by atoms with Gasteiger partial charge in [0.05, 0.1) is 7.11 Å². The Bertz CT molecular complexity index is 598. The largest absolute Gasteiger partial charge is 0.497 e. The minimum absolute atomic E-state index is 0.291. The number of piperazine rings is 1. The maximum Gasteiger partial charge on any atom is 0.185 e. The normalized spacial score (nSPS) is 16.8. The summed E-state index contributed by atoms with van der Waals surface area (Å²) in [6, 6.07) is 7.38. The van der Waals surface area contributed by atoms with Crippen molar-refractivity contribution < 1.29 is 14.6 Å². The summed E-state index contributed by atoms with van der Waals surface area (Å²) in [5.74, 6) is 1.53. The van der Waals surface area contributed by atoms with E-state index < -0.39 is 6.10 Å². The molecule has 1 saturated heterocycles. The number of anilines is 1. The van der Waals surface area contributed by atoms with Crippen molar-refractivity contribution in [2.24, 2.45) is 0 Å². The van der Waals surface area contributed by atoms with Gasteiger partial charge in [0.15, 0.2) is 5.13 Å². The molecule has 24 heavy (non-hydrogen) atoms. The first-order chi connectivity index (χ1) is 11.7. The second kappa shape index (κ2) is 8.32. The summed E-state index contributed by atoms with van der Waals surface area (Å²) in [6.07, 6.45) is 1.34. The third-order valence-corrected chi connectivity index (χ3v) is 4.87. The van der Waals surface area contributed by atoms with Gasteiger partial charge in [0.2, 0.25) is 0 Å². The molecule has 0 radical (unpaired) electrons. The number of rotatable bonds is 7. The van der Waals surface area contributed by atoms with Crippen molar-refractivity contribution in [3.63, 3.8) is 0 Å². The molecule has 7 heteroatoms. The average molecular weight is 349 g/mol. The van der Waals surface area contributed by atoms with Crippen LogP contribution in [0, 0.1) is 0 Å². The first-order valence-electron chi connectivity index (χ1n) is 8.06. The Morgan fingerprint density at radius 1 is 1.17 bits per heavy atom. The predicted molar refractivity (Wildman–Crippen MR) is 95.3 cm³/mol. The number of nitrogens with zero attached hydrogens (tertiary/aromatic N) is 3. The van der Waals surface area contributed by atoms with Crippen LogP contribution in [0.3, 0.4) is 0 Å². The lowest BCUT2D eigenvalue weighted by atomic mass is 10.2. The molecule has 0 amide bonds. The first kappa shape index (κ1) is 17.0. The van der Waals surface area contributed by atoms with Crippen LogP contribution in [0.1, 0.15) is 0 Å². The zero-order valence-corrected chi connectivity index (χ0v) is 14.6. The Labute approximate surface area is 146 Å². The molecule has 1 aromatic carbocycles. The van der Waals surface area contributed by atoms with Crippen LogP contribution in [0.25, 0.3) is 0 Å². The summed E-state index contributed by atoms with van der Waals surface area (Å²) < 4.78 is 10.7. The van der Waals surface area contributed by atoms with E-state index in [-0.39, 0.29) is 0 Å². The summed E-state index contributed by atoms with van der Waals surface area (Å²) in [5.41, 5.74) is 0. The van der Waals surface area contributed by atoms with Crippen LogP contribution in [0.5, 0.6) is 11.5 Å². The van der Waals surface area contributed by atoms with E-state index in [2.05, 4.69) is 14.8 Å². The van der Waals surface area contributed by atoms with Gasteiger partial charge in [0.25, 0.3) is 0 Å². The number of methoxy groups -OCH3 is 1. The molecule has 1 fully saturated rings. The Balaban J connectivity index is 1.38. The zero-order valence-electron chi connectivity index (χ0n) is 13.8. The van der Waals surface area contributed by atoms with Crippen molar-refractivity contribution in [1.82, 2.24) is 9.88 Å². The van der Waals surface area contributed by atoms with Gasteiger partial charge in [0, 0.05) is 44.3 Å². The molecule has 0 aliphatic carbocycles. The summed E-state index contributed by atoms with van der Waals surface area (Å²) in [6.45, 7) is 4.67. The van der Waals surface area contributed by atoms with Gasteiger partial charge in [-0.25, -0.2) is 4.98 Å². The molecule has 0 unspecified atom stereocenters. The molecule has 2 heterocycles. The Hall–Kier alpha value is -1.83. The number of benzene rings is 1. The van der Waals surface area contributed by atoms with Crippen molar-refractivity contribution in [2.75, 3.05) is 51.3 Å². The molecule has 1 aromatic heterocycles. The lowest BCUT2D eigenvalue weighted by Gasteiger charge is -2.35. The molecule has 0 saturated carbocycles. The molecule has 1 aliphatic heterocycles. The molecule has 1 atom stereocenters. The van der Waals surface area contributed by atoms with Crippen molar-refractivity contribution in [3.05, 3.63) is 35.8 Å². The van der Waals surface area contributed by atoms with Crippen LogP contribution in [0.2, 0.25) is 0 Å². The fourth-order valence-corrected chi connectivity index (χ4v) is 3.41. The molecular formula is C17H23N3O3S. The highest BCUT2D eigenvalue weighted by molar-refractivity contribution is 7.13. The highest BCUT2D eigenvalue weighted by Gasteiger charge is 2.20. The summed E-state index contributed by atoms with van der Waals surface area (Å²) in [4.78, 5) is 8.91. The van der Waals surface area contributed by atoms with Gasteiger partial charge >= 0.3 is 0 Å². The van der Waals surface area contributed by atoms with E-state index in [4.69, 9.17) is 9.47 Å². The fraction of sp³-hybridized carbons (Fsp3) is 0.471. The van der Waals surface area contributed by atoms with E-state index in [1.807, 2.05) is 35.8 Å². The molecule has 2 aromatic rings. The van der Waals surface area contributed by atoms with Crippen molar-refractivity contribution in [1.29, 1.82) is 0 Å². The number of aliphatic hydroxyl groups excluding tert-OH is 1. The molecule has 1 aliphatic rings. The molecule has 0 bridgehead atoms. The average Bonchev–Trinajstić information content (AvgIpc) is 3.16. The third-order valence-electron chi connectivity index (χ3n) is 4.03. The number of aliphatic hydroxyl groups is 1. The van der Waals surface area contributed by atoms with Crippen LogP contribution >= 0.6 is 11.3 Å². The Morgan fingerprint density at radius 2 is 1.88 bits per heavy atom. The monoisotopic (exact) mass is 349 g/mol. The number of ether oxygens (including phenoxy) is 2. The Kier molecular flexibility index (Phi) is 5.90. The maximum absolute atomic E-state index is 10.2. The van der Waals surface area contributed by atoms with Crippen LogP contribution in [-0.2, 0) is 0 Å².